The van der Waals surface area contributed by atoms with E-state index < -0.39 is 75.8 Å². The van der Waals surface area contributed by atoms with Crippen molar-refractivity contribution in [1.29, 1.82) is 0 Å². The Morgan fingerprint density at radius 3 is 2.28 bits per heavy atom. The van der Waals surface area contributed by atoms with Gasteiger partial charge in [-0.05, 0) is 22.6 Å². The number of aliphatic hydroxyl groups is 2. The average Bonchev–Trinajstić information content (AvgIpc) is 3.77. The van der Waals surface area contributed by atoms with Crippen molar-refractivity contribution < 1.29 is 47.2 Å². The zero-order chi connectivity index (χ0) is 32.5. The molecule has 0 spiro atoms. The lowest BCUT2D eigenvalue weighted by molar-refractivity contribution is -0.0588. The normalized spacial score (nSPS) is 37.0. The van der Waals surface area contributed by atoms with Crippen molar-refractivity contribution in [1.82, 2.24) is 39.0 Å². The number of rotatable bonds is 2. The third-order valence-corrected chi connectivity index (χ3v) is 11.6. The standard InChI is InChI=1S/C21H25N11O10P2S2/c1-46-44(36)38-3-8-13(12(34)19(40-8)32-6-28-10-16(23)29-21(24)30-18(10)32)41-43(35,45)37-2-7-11(33)14(42-44)20(39-7)31-5-27-9-15(22)25-4-26-17(9)31/h1,4-8,11-14,19-20,33-34H,2-3H2,(H,35,45)(H2,22,25,26)(H4,23,24,29,30)/t7-,8-,11-,12-,13-,14-,19-,20-,43?,44-/m1/s1. The van der Waals surface area contributed by atoms with E-state index in [-0.39, 0.29) is 50.7 Å². The van der Waals surface area contributed by atoms with E-state index in [4.69, 9.17) is 62.3 Å². The first-order chi connectivity index (χ1) is 21.9. The van der Waals surface area contributed by atoms with Gasteiger partial charge in [-0.1, -0.05) is 5.69 Å². The number of nitrogens with two attached hydrogens (primary N) is 3. The van der Waals surface area contributed by atoms with Gasteiger partial charge in [-0.15, -0.1) is 0 Å². The van der Waals surface area contributed by atoms with Crippen LogP contribution < -0.4 is 17.2 Å². The Bertz CT molecular complexity index is 1980. The molecular formula is C21H25N11O10P2S2. The van der Waals surface area contributed by atoms with Crippen LogP contribution in [0.4, 0.5) is 17.6 Å². The molecule has 21 nitrogen and oxygen atoms in total. The number of hydrogen-bond donors (Lipinski definition) is 6. The van der Waals surface area contributed by atoms with Crippen LogP contribution in [0.1, 0.15) is 12.5 Å². The quantitative estimate of drug-likeness (QED) is 0.141. The number of hydrogen-bond acceptors (Lipinski definition) is 19. The lowest BCUT2D eigenvalue weighted by Gasteiger charge is -2.27. The number of fused-ring (bicyclic) bond motifs is 5. The summed E-state index contributed by atoms with van der Waals surface area (Å²) < 4.78 is 51.5. The van der Waals surface area contributed by atoms with Crippen molar-refractivity contribution in [2.75, 3.05) is 30.4 Å². The van der Waals surface area contributed by atoms with E-state index in [1.165, 1.54) is 28.1 Å². The van der Waals surface area contributed by atoms with Crippen LogP contribution in [0.15, 0.2) is 19.0 Å². The number of nitrogens with zero attached hydrogens (tertiary/aromatic N) is 8. The van der Waals surface area contributed by atoms with Gasteiger partial charge in [0.25, 0.3) is 0 Å². The summed E-state index contributed by atoms with van der Waals surface area (Å²) in [6, 6.07) is 0. The van der Waals surface area contributed by atoms with Crippen molar-refractivity contribution >= 4 is 76.0 Å². The summed E-state index contributed by atoms with van der Waals surface area (Å²) in [5, 5.41) is 22.6. The summed E-state index contributed by atoms with van der Waals surface area (Å²) in [5.41, 5.74) is 24.1. The van der Waals surface area contributed by atoms with Crippen LogP contribution in [-0.2, 0) is 43.9 Å². The van der Waals surface area contributed by atoms with E-state index in [0.29, 0.717) is 0 Å². The van der Waals surface area contributed by atoms with Crippen LogP contribution in [-0.4, -0.2) is 104 Å². The predicted molar refractivity (Wildman–Crippen MR) is 162 cm³/mol. The molecule has 4 aromatic rings. The second-order valence-electron chi connectivity index (χ2n) is 10.2. The molecule has 3 fully saturated rings. The maximum Gasteiger partial charge on any atom is 0.418 e. The molecule has 7 rings (SSSR count). The fraction of sp³-hybridized carbons (Fsp3) is 0.476. The third kappa shape index (κ3) is 5.43. The van der Waals surface area contributed by atoms with Gasteiger partial charge in [0.1, 0.15) is 54.0 Å². The molecule has 3 aliphatic heterocycles. The summed E-state index contributed by atoms with van der Waals surface area (Å²) >= 11 is 5.24. The van der Waals surface area contributed by atoms with Gasteiger partial charge in [-0.2, -0.15) is 9.97 Å². The van der Waals surface area contributed by atoms with Gasteiger partial charge in [0.05, 0.1) is 25.9 Å². The van der Waals surface area contributed by atoms with Crippen LogP contribution >= 0.6 is 24.3 Å². The molecule has 3 saturated heterocycles. The molecule has 10 atom stereocenters. The Hall–Kier alpha value is -2.98. The summed E-state index contributed by atoms with van der Waals surface area (Å²) in [6.45, 7) is -9.61. The number of aliphatic hydroxyl groups excluding tert-OH is 2. The molecule has 46 heavy (non-hydrogen) atoms. The summed E-state index contributed by atoms with van der Waals surface area (Å²) in [6.07, 6.45) is -7.04. The smallest absolute Gasteiger partial charge is 0.387 e. The zero-order valence-electron chi connectivity index (χ0n) is 23.1. The first kappa shape index (κ1) is 31.6. The fourth-order valence-electron chi connectivity index (χ4n) is 5.36. The van der Waals surface area contributed by atoms with Gasteiger partial charge < -0.3 is 46.3 Å². The first-order valence-corrected chi connectivity index (χ1v) is 18.8. The number of nitrogen functional groups attached to an aromatic ring is 3. The van der Waals surface area contributed by atoms with E-state index in [0.717, 1.165) is 0 Å². The average molecular weight is 718 g/mol. The minimum absolute atomic E-state index is 0.00913. The van der Waals surface area contributed by atoms with Crippen LogP contribution in [0.5, 0.6) is 0 Å². The molecule has 0 aromatic carbocycles. The van der Waals surface area contributed by atoms with Crippen LogP contribution in [0.2, 0.25) is 0 Å². The molecular weight excluding hydrogens is 692 g/mol. The Balaban J connectivity index is 1.22. The van der Waals surface area contributed by atoms with Crippen molar-refractivity contribution in [2.24, 2.45) is 0 Å². The van der Waals surface area contributed by atoms with E-state index in [2.05, 4.69) is 29.9 Å². The lowest BCUT2D eigenvalue weighted by atomic mass is 10.1. The highest BCUT2D eigenvalue weighted by Gasteiger charge is 2.53. The van der Waals surface area contributed by atoms with Crippen LogP contribution in [0.25, 0.3) is 22.3 Å². The maximum atomic E-state index is 13.9. The number of imidazole rings is 2. The Kier molecular flexibility index (Phi) is 7.98. The highest BCUT2D eigenvalue weighted by molar-refractivity contribution is 8.48. The van der Waals surface area contributed by atoms with E-state index in [1.807, 2.05) is 0 Å². The van der Waals surface area contributed by atoms with Crippen molar-refractivity contribution in [3.63, 3.8) is 0 Å². The van der Waals surface area contributed by atoms with Crippen molar-refractivity contribution in [3.05, 3.63) is 19.0 Å². The van der Waals surface area contributed by atoms with Gasteiger partial charge in [-0.3, -0.25) is 22.7 Å². The number of ether oxygens (including phenoxy) is 2. The lowest BCUT2D eigenvalue weighted by Crippen LogP contribution is -2.36. The maximum absolute atomic E-state index is 13.9. The van der Waals surface area contributed by atoms with Crippen molar-refractivity contribution in [3.8, 4) is 5.69 Å². The fourth-order valence-corrected chi connectivity index (χ4v) is 8.64. The SMILES string of the molecule is C#S[P@]1(=O)OC[C@H]2O[C@@H](n3cnc4c(N)nc(N)nc43)[C@H](O)[C@@H]2OP(O)(=S)OC[C@H]2O[C@@H](n3cnc4c(N)ncnc43)[C@H](O1)[C@@H]2O. The molecule has 3 aliphatic rings. The van der Waals surface area contributed by atoms with Gasteiger partial charge in [0.2, 0.25) is 5.95 Å². The second-order valence-corrected chi connectivity index (χ2v) is 16.6. The van der Waals surface area contributed by atoms with E-state index in [1.54, 1.807) is 0 Å². The monoisotopic (exact) mass is 717 g/mol. The molecule has 0 amide bonds. The van der Waals surface area contributed by atoms with Crippen LogP contribution in [0, 0.1) is 5.69 Å². The molecule has 0 aliphatic carbocycles. The van der Waals surface area contributed by atoms with Crippen molar-refractivity contribution in [2.45, 2.75) is 49.1 Å². The first-order valence-electron chi connectivity index (χ1n) is 13.2. The minimum atomic E-state index is -4.33. The third-order valence-electron chi connectivity index (χ3n) is 7.46. The van der Waals surface area contributed by atoms with Gasteiger partial charge in [-0.25, -0.2) is 24.5 Å². The Labute approximate surface area is 266 Å². The van der Waals surface area contributed by atoms with Gasteiger partial charge >= 0.3 is 13.5 Å². The van der Waals surface area contributed by atoms with E-state index >= 15 is 0 Å². The predicted octanol–water partition coefficient (Wildman–Crippen LogP) is -0.606. The summed E-state index contributed by atoms with van der Waals surface area (Å²) in [7, 11) is 0.248. The second kappa shape index (κ2) is 11.6. The molecule has 25 heteroatoms. The zero-order valence-corrected chi connectivity index (χ0v) is 26.5. The largest absolute Gasteiger partial charge is 0.418 e. The van der Waals surface area contributed by atoms with Gasteiger partial charge in [0, 0.05) is 0 Å². The summed E-state index contributed by atoms with van der Waals surface area (Å²) in [4.78, 5) is 35.5. The van der Waals surface area contributed by atoms with Crippen LogP contribution in [0.3, 0.4) is 0 Å². The van der Waals surface area contributed by atoms with E-state index in [9.17, 15) is 19.7 Å². The Morgan fingerprint density at radius 2 is 1.54 bits per heavy atom. The topological polar surface area (TPSA) is 298 Å². The molecule has 246 valence electrons. The molecule has 9 N–H and O–H groups in total. The molecule has 1 unspecified atom stereocenters. The molecule has 2 bridgehead atoms. The molecule has 0 saturated carbocycles. The molecule has 0 radical (unpaired) electrons. The van der Waals surface area contributed by atoms with Gasteiger partial charge in [0.15, 0.2) is 35.4 Å². The highest BCUT2D eigenvalue weighted by Crippen LogP contribution is 2.59. The molecule has 4 aromatic heterocycles. The molecule has 7 heterocycles. The number of aromatic nitrogens is 8. The minimum Gasteiger partial charge on any atom is -0.387 e. The summed E-state index contributed by atoms with van der Waals surface area (Å²) in [5.74, 6) is -0.0816. The highest BCUT2D eigenvalue weighted by atomic mass is 32.7. The number of anilines is 3. The Morgan fingerprint density at radius 1 is 0.870 bits per heavy atom.